The van der Waals surface area contributed by atoms with Gasteiger partial charge < -0.3 is 14.6 Å². The van der Waals surface area contributed by atoms with Gasteiger partial charge in [-0.25, -0.2) is 9.67 Å². The Morgan fingerprint density at radius 1 is 1.36 bits per heavy atom. The number of hydrogen-bond acceptors (Lipinski definition) is 5. The number of nitrogens with zero attached hydrogens (tertiary/aromatic N) is 3. The van der Waals surface area contributed by atoms with E-state index < -0.39 is 5.79 Å². The molecule has 0 amide bonds. The fourth-order valence-electron chi connectivity index (χ4n) is 2.66. The van der Waals surface area contributed by atoms with Gasteiger partial charge in [0.15, 0.2) is 0 Å². The smallest absolute Gasteiger partial charge is 0.217 e. The predicted octanol–water partition coefficient (Wildman–Crippen LogP) is 3.65. The van der Waals surface area contributed by atoms with Crippen LogP contribution in [0.1, 0.15) is 32.3 Å². The van der Waals surface area contributed by atoms with Crippen molar-refractivity contribution >= 4 is 23.2 Å². The zero-order valence-electron chi connectivity index (χ0n) is 14.4. The average molecular weight is 388 g/mol. The number of benzene rings is 1. The lowest BCUT2D eigenvalue weighted by Gasteiger charge is -2.29. The monoisotopic (exact) mass is 387 g/mol. The lowest BCUT2D eigenvalue weighted by atomic mass is 10.1. The molecule has 2 aromatic rings. The van der Waals surface area contributed by atoms with Crippen molar-refractivity contribution in [2.75, 3.05) is 13.2 Å². The summed E-state index contributed by atoms with van der Waals surface area (Å²) in [5, 5.41) is 12.8. The number of ether oxygens (including phenoxy) is 2. The van der Waals surface area contributed by atoms with Crippen LogP contribution < -0.4 is 0 Å². The minimum absolute atomic E-state index is 0.0419. The molecule has 25 heavy (non-hydrogen) atoms. The number of halogens is 2. The van der Waals surface area contributed by atoms with Crippen LogP contribution in [0.5, 0.6) is 0 Å². The summed E-state index contributed by atoms with van der Waals surface area (Å²) in [5.41, 5.74) is 0.757. The highest BCUT2D eigenvalue weighted by molar-refractivity contribution is 6.35. The second-order valence-electron chi connectivity index (χ2n) is 5.63. The molecule has 0 radical (unpaired) electrons. The molecule has 1 saturated heterocycles. The fraction of sp³-hybridized carbons (Fsp3) is 0.529. The first-order chi connectivity index (χ1) is 12.0. The van der Waals surface area contributed by atoms with Crippen molar-refractivity contribution in [2.45, 2.75) is 45.1 Å². The van der Waals surface area contributed by atoms with E-state index in [2.05, 4.69) is 17.0 Å². The van der Waals surface area contributed by atoms with Crippen LogP contribution in [0.4, 0.5) is 0 Å². The first-order valence-corrected chi connectivity index (χ1v) is 9.00. The van der Waals surface area contributed by atoms with Crippen LogP contribution >= 0.6 is 23.2 Å². The summed E-state index contributed by atoms with van der Waals surface area (Å²) >= 11 is 12.4. The summed E-state index contributed by atoms with van der Waals surface area (Å²) in [6.07, 6.45) is 5.12. The zero-order chi connectivity index (χ0) is 18.3. The molecule has 2 heterocycles. The zero-order valence-corrected chi connectivity index (χ0v) is 15.9. The Morgan fingerprint density at radius 2 is 2.12 bits per heavy atom. The van der Waals surface area contributed by atoms with Gasteiger partial charge in [-0.3, -0.25) is 0 Å². The molecule has 2 unspecified atom stereocenters. The second kappa shape index (κ2) is 9.50. The van der Waals surface area contributed by atoms with Crippen molar-refractivity contribution in [3.63, 3.8) is 0 Å². The summed E-state index contributed by atoms with van der Waals surface area (Å²) < 4.78 is 14.0. The van der Waals surface area contributed by atoms with Crippen molar-refractivity contribution < 1.29 is 14.6 Å². The molecule has 1 fully saturated rings. The van der Waals surface area contributed by atoms with Gasteiger partial charge in [0.1, 0.15) is 19.2 Å². The average Bonchev–Trinajstić information content (AvgIpc) is 3.20. The van der Waals surface area contributed by atoms with Crippen LogP contribution in [0.25, 0.3) is 0 Å². The Balaban J connectivity index is 0.000000701. The molecule has 8 heteroatoms. The van der Waals surface area contributed by atoms with Gasteiger partial charge in [0.05, 0.1) is 17.7 Å². The van der Waals surface area contributed by atoms with Crippen LogP contribution in [0, 0.1) is 0 Å². The van der Waals surface area contributed by atoms with Gasteiger partial charge in [0, 0.05) is 17.2 Å². The Kier molecular flexibility index (Phi) is 7.65. The lowest BCUT2D eigenvalue weighted by Crippen LogP contribution is -2.34. The molecule has 6 nitrogen and oxygen atoms in total. The third kappa shape index (κ3) is 5.15. The van der Waals surface area contributed by atoms with E-state index in [9.17, 15) is 0 Å². The van der Waals surface area contributed by atoms with Gasteiger partial charge in [0.25, 0.3) is 0 Å². The Hall–Kier alpha value is -1.18. The number of hydrogen-bond donors (Lipinski definition) is 1. The highest BCUT2D eigenvalue weighted by Crippen LogP contribution is 2.41. The molecule has 2 atom stereocenters. The van der Waals surface area contributed by atoms with E-state index >= 15 is 0 Å². The van der Waals surface area contributed by atoms with Gasteiger partial charge in [-0.1, -0.05) is 42.6 Å². The summed E-state index contributed by atoms with van der Waals surface area (Å²) in [6.45, 7) is 4.96. The summed E-state index contributed by atoms with van der Waals surface area (Å²) in [5.74, 6) is -0.963. The molecule has 0 bridgehead atoms. The van der Waals surface area contributed by atoms with E-state index in [-0.39, 0.29) is 12.7 Å². The molecule has 1 aliphatic heterocycles. The van der Waals surface area contributed by atoms with Crippen molar-refractivity contribution in [1.82, 2.24) is 14.8 Å². The van der Waals surface area contributed by atoms with E-state index in [4.69, 9.17) is 37.8 Å². The minimum atomic E-state index is -0.963. The normalized spacial score (nSPS) is 22.5. The first-order valence-electron chi connectivity index (χ1n) is 8.25. The molecule has 0 spiro atoms. The van der Waals surface area contributed by atoms with Gasteiger partial charge in [-0.15, -0.1) is 0 Å². The molecule has 1 aliphatic rings. The maximum Gasteiger partial charge on any atom is 0.217 e. The maximum atomic E-state index is 7.57. The van der Waals surface area contributed by atoms with E-state index in [0.717, 1.165) is 18.4 Å². The largest absolute Gasteiger partial charge is 0.397 e. The fourth-order valence-corrected chi connectivity index (χ4v) is 3.22. The van der Waals surface area contributed by atoms with Crippen LogP contribution in [0.3, 0.4) is 0 Å². The van der Waals surface area contributed by atoms with Crippen LogP contribution in [0.2, 0.25) is 10.0 Å². The third-order valence-electron chi connectivity index (χ3n) is 3.65. The molecule has 3 rings (SSSR count). The van der Waals surface area contributed by atoms with Crippen molar-refractivity contribution in [1.29, 1.82) is 0 Å². The highest BCUT2D eigenvalue weighted by atomic mass is 35.5. The second-order valence-corrected chi connectivity index (χ2v) is 6.47. The van der Waals surface area contributed by atoms with E-state index in [1.54, 1.807) is 30.1 Å². The van der Waals surface area contributed by atoms with Crippen LogP contribution in [-0.4, -0.2) is 39.2 Å². The standard InChI is InChI=1S/C15H17Cl2N3O2.C2H6O/c1-2-3-12-7-21-15(22-12,8-20-10-18-9-19-20)13-5-4-11(16)6-14(13)17;1-2-3/h4-6,9-10,12H,2-3,7-8H2,1H3;3H,2H2,1H3. The topological polar surface area (TPSA) is 69.4 Å². The summed E-state index contributed by atoms with van der Waals surface area (Å²) in [4.78, 5) is 3.97. The van der Waals surface area contributed by atoms with Crippen molar-refractivity contribution in [3.8, 4) is 0 Å². The molecule has 1 aromatic heterocycles. The van der Waals surface area contributed by atoms with Crippen LogP contribution in [0.15, 0.2) is 30.9 Å². The van der Waals surface area contributed by atoms with Crippen molar-refractivity contribution in [2.24, 2.45) is 0 Å². The third-order valence-corrected chi connectivity index (χ3v) is 4.20. The number of rotatable bonds is 5. The molecular weight excluding hydrogens is 365 g/mol. The Morgan fingerprint density at radius 3 is 2.72 bits per heavy atom. The van der Waals surface area contributed by atoms with Gasteiger partial charge in [0.2, 0.25) is 5.79 Å². The van der Waals surface area contributed by atoms with Crippen LogP contribution in [-0.2, 0) is 21.8 Å². The lowest BCUT2D eigenvalue weighted by molar-refractivity contribution is -0.189. The molecule has 1 N–H and O–H groups in total. The molecule has 0 aliphatic carbocycles. The molecule has 0 saturated carbocycles. The maximum absolute atomic E-state index is 7.57. The molecular formula is C17H23Cl2N3O3. The van der Waals surface area contributed by atoms with Gasteiger partial charge in [-0.2, -0.15) is 5.10 Å². The van der Waals surface area contributed by atoms with E-state index in [1.807, 2.05) is 6.07 Å². The van der Waals surface area contributed by atoms with Gasteiger partial charge >= 0.3 is 0 Å². The molecule has 1 aromatic carbocycles. The Labute approximate surface area is 157 Å². The first kappa shape index (κ1) is 20.1. The minimum Gasteiger partial charge on any atom is -0.397 e. The SMILES string of the molecule is CCCC1COC(Cn2cncn2)(c2ccc(Cl)cc2Cl)O1.CCO. The Bertz CT molecular complexity index is 655. The number of aliphatic hydroxyl groups is 1. The summed E-state index contributed by atoms with van der Waals surface area (Å²) in [6, 6.07) is 5.32. The summed E-state index contributed by atoms with van der Waals surface area (Å²) in [7, 11) is 0. The van der Waals surface area contributed by atoms with E-state index in [0.29, 0.717) is 23.2 Å². The van der Waals surface area contributed by atoms with Crippen molar-refractivity contribution in [3.05, 3.63) is 46.5 Å². The van der Waals surface area contributed by atoms with E-state index in [1.165, 1.54) is 6.33 Å². The highest BCUT2D eigenvalue weighted by Gasteiger charge is 2.45. The predicted molar refractivity (Wildman–Crippen MR) is 96.7 cm³/mol. The number of aromatic nitrogens is 3. The van der Waals surface area contributed by atoms with Gasteiger partial charge in [-0.05, 0) is 25.5 Å². The molecule has 138 valence electrons. The number of aliphatic hydroxyl groups excluding tert-OH is 1. The quantitative estimate of drug-likeness (QED) is 0.847.